The lowest BCUT2D eigenvalue weighted by Gasteiger charge is -2.14. The Morgan fingerprint density at radius 2 is 1.87 bits per heavy atom. The van der Waals surface area contributed by atoms with E-state index in [0.717, 1.165) is 4.90 Å². The molecule has 0 radical (unpaired) electrons. The van der Waals surface area contributed by atoms with Crippen LogP contribution in [0.15, 0.2) is 46.6 Å². The van der Waals surface area contributed by atoms with E-state index in [0.29, 0.717) is 33.8 Å². The number of rotatable bonds is 7. The van der Waals surface area contributed by atoms with Crippen molar-refractivity contribution >= 4 is 45.5 Å². The number of imide groups is 1. The van der Waals surface area contributed by atoms with Crippen molar-refractivity contribution in [3.8, 4) is 11.5 Å². The number of nitrogens with zero attached hydrogens (tertiary/aromatic N) is 1. The molecule has 1 saturated heterocycles. The molecule has 8 nitrogen and oxygen atoms in total. The lowest BCUT2D eigenvalue weighted by molar-refractivity contribution is -0.122. The maximum atomic E-state index is 13.0. The molecule has 0 aromatic heterocycles. The number of carbonyl (C=O) groups excluding carboxylic acids is 3. The summed E-state index contributed by atoms with van der Waals surface area (Å²) in [5.74, 6) is -0.617. The Labute approximate surface area is 186 Å². The Balaban J connectivity index is 1.75. The van der Waals surface area contributed by atoms with Crippen LogP contribution in [0.4, 0.5) is 14.9 Å². The number of benzene rings is 2. The molecule has 1 aliphatic rings. The smallest absolute Gasteiger partial charge is 0.328 e. The number of carbonyl (C=O) groups is 3. The second-order valence-corrected chi connectivity index (χ2v) is 7.30. The highest BCUT2D eigenvalue weighted by Gasteiger charge is 2.30. The number of amides is 4. The Bertz CT molecular complexity index is 1060. The zero-order chi connectivity index (χ0) is 22.5. The van der Waals surface area contributed by atoms with Gasteiger partial charge in [-0.25, -0.2) is 9.18 Å². The fourth-order valence-corrected chi connectivity index (χ4v) is 3.13. The molecule has 0 atom stereocenters. The first-order valence-electron chi connectivity index (χ1n) is 9.23. The minimum Gasteiger partial charge on any atom is -0.490 e. The number of anilines is 1. The van der Waals surface area contributed by atoms with Crippen LogP contribution in [0.5, 0.6) is 11.5 Å². The number of likely N-dealkylation sites (N-methyl/N-ethyl adjacent to an activating group) is 1. The molecule has 1 heterocycles. The third-order valence-corrected chi connectivity index (χ3v) is 4.92. The van der Waals surface area contributed by atoms with Gasteiger partial charge in [-0.1, -0.05) is 15.9 Å². The number of nitrogens with one attached hydrogen (secondary N) is 2. The summed E-state index contributed by atoms with van der Waals surface area (Å²) >= 11 is 3.40. The van der Waals surface area contributed by atoms with Gasteiger partial charge in [-0.15, -0.1) is 0 Å². The van der Waals surface area contributed by atoms with Crippen molar-refractivity contribution in [3.05, 3.63) is 57.9 Å². The van der Waals surface area contributed by atoms with Crippen LogP contribution < -0.4 is 20.1 Å². The highest BCUT2D eigenvalue weighted by molar-refractivity contribution is 9.10. The highest BCUT2D eigenvalue weighted by atomic mass is 79.9. The largest absolute Gasteiger partial charge is 0.490 e. The van der Waals surface area contributed by atoms with Crippen molar-refractivity contribution in [1.82, 2.24) is 10.2 Å². The molecule has 0 spiro atoms. The molecular formula is C21H19BrFN3O5. The lowest BCUT2D eigenvalue weighted by atomic mass is 10.1. The number of hydrogen-bond donors (Lipinski definition) is 2. The molecule has 4 amide bonds. The van der Waals surface area contributed by atoms with E-state index >= 15 is 0 Å². The summed E-state index contributed by atoms with van der Waals surface area (Å²) in [6.45, 7) is 1.83. The van der Waals surface area contributed by atoms with Gasteiger partial charge in [0, 0.05) is 17.2 Å². The van der Waals surface area contributed by atoms with E-state index in [4.69, 9.17) is 9.47 Å². The molecule has 0 saturated carbocycles. The third-order valence-electron chi connectivity index (χ3n) is 4.23. The summed E-state index contributed by atoms with van der Waals surface area (Å²) in [7, 11) is 1.38. The van der Waals surface area contributed by atoms with Crippen LogP contribution in [0.3, 0.4) is 0 Å². The molecule has 10 heteroatoms. The van der Waals surface area contributed by atoms with Crippen LogP contribution in [0.25, 0.3) is 6.08 Å². The predicted molar refractivity (Wildman–Crippen MR) is 115 cm³/mol. The summed E-state index contributed by atoms with van der Waals surface area (Å²) in [5, 5.41) is 5.09. The van der Waals surface area contributed by atoms with Crippen molar-refractivity contribution < 1.29 is 28.2 Å². The van der Waals surface area contributed by atoms with Gasteiger partial charge in [0.15, 0.2) is 18.1 Å². The lowest BCUT2D eigenvalue weighted by Crippen LogP contribution is -2.25. The fraction of sp³-hybridized carbons (Fsp3) is 0.190. The number of ether oxygens (including phenoxy) is 2. The van der Waals surface area contributed by atoms with Crippen LogP contribution in [0.1, 0.15) is 12.5 Å². The van der Waals surface area contributed by atoms with Crippen molar-refractivity contribution in [2.45, 2.75) is 6.92 Å². The van der Waals surface area contributed by atoms with Crippen LogP contribution >= 0.6 is 15.9 Å². The summed E-state index contributed by atoms with van der Waals surface area (Å²) in [4.78, 5) is 36.8. The molecule has 1 fully saturated rings. The van der Waals surface area contributed by atoms with Crippen LogP contribution in [0.2, 0.25) is 0 Å². The average Bonchev–Trinajstić information content (AvgIpc) is 2.97. The first-order valence-corrected chi connectivity index (χ1v) is 10.0. The maximum Gasteiger partial charge on any atom is 0.328 e. The van der Waals surface area contributed by atoms with Crippen LogP contribution in [-0.4, -0.2) is 43.0 Å². The van der Waals surface area contributed by atoms with Crippen LogP contribution in [-0.2, 0) is 9.59 Å². The van der Waals surface area contributed by atoms with E-state index in [2.05, 4.69) is 26.6 Å². The predicted octanol–water partition coefficient (Wildman–Crippen LogP) is 3.53. The Morgan fingerprint density at radius 3 is 2.48 bits per heavy atom. The minimum absolute atomic E-state index is 0.128. The maximum absolute atomic E-state index is 13.0. The third kappa shape index (κ3) is 5.40. The van der Waals surface area contributed by atoms with Crippen molar-refractivity contribution in [2.24, 2.45) is 0 Å². The molecule has 0 bridgehead atoms. The average molecular weight is 492 g/mol. The SMILES string of the molecule is CCOc1cc(/C=C2/NC(=O)N(C)C2=O)c(Br)cc1OCC(=O)Nc1ccc(F)cc1. The van der Waals surface area contributed by atoms with Gasteiger partial charge in [-0.3, -0.25) is 14.5 Å². The molecule has 2 aromatic rings. The van der Waals surface area contributed by atoms with E-state index in [1.807, 2.05) is 0 Å². The van der Waals surface area contributed by atoms with E-state index < -0.39 is 23.7 Å². The molecule has 1 aliphatic heterocycles. The fourth-order valence-electron chi connectivity index (χ4n) is 2.69. The highest BCUT2D eigenvalue weighted by Crippen LogP contribution is 2.35. The molecule has 0 unspecified atom stereocenters. The Kier molecular flexibility index (Phi) is 6.91. The van der Waals surface area contributed by atoms with E-state index in [1.165, 1.54) is 37.4 Å². The van der Waals surface area contributed by atoms with E-state index in [1.54, 1.807) is 19.1 Å². The Hall–Kier alpha value is -3.40. The second-order valence-electron chi connectivity index (χ2n) is 6.45. The number of hydrogen-bond acceptors (Lipinski definition) is 5. The first kappa shape index (κ1) is 22.3. The summed E-state index contributed by atoms with van der Waals surface area (Å²) < 4.78 is 24.7. The molecule has 31 heavy (non-hydrogen) atoms. The van der Waals surface area contributed by atoms with Crippen molar-refractivity contribution in [3.63, 3.8) is 0 Å². The second kappa shape index (κ2) is 9.61. The Morgan fingerprint density at radius 1 is 1.19 bits per heavy atom. The van der Waals surface area contributed by atoms with Gasteiger partial charge in [0.05, 0.1) is 6.61 Å². The summed E-state index contributed by atoms with van der Waals surface area (Å²) in [5.41, 5.74) is 1.14. The van der Waals surface area contributed by atoms with Gasteiger partial charge in [0.1, 0.15) is 11.5 Å². The molecular weight excluding hydrogens is 473 g/mol. The molecule has 162 valence electrons. The minimum atomic E-state index is -0.510. The van der Waals surface area contributed by atoms with Gasteiger partial charge in [-0.2, -0.15) is 0 Å². The van der Waals surface area contributed by atoms with Gasteiger partial charge in [0.2, 0.25) is 0 Å². The monoisotopic (exact) mass is 491 g/mol. The van der Waals surface area contributed by atoms with Crippen molar-refractivity contribution in [2.75, 3.05) is 25.6 Å². The topological polar surface area (TPSA) is 97.0 Å². The van der Waals surface area contributed by atoms with Gasteiger partial charge in [-0.05, 0) is 55.0 Å². The van der Waals surface area contributed by atoms with Crippen LogP contribution in [0, 0.1) is 5.82 Å². The van der Waals surface area contributed by atoms with E-state index in [-0.39, 0.29) is 12.3 Å². The molecule has 2 N–H and O–H groups in total. The van der Waals surface area contributed by atoms with E-state index in [9.17, 15) is 18.8 Å². The van der Waals surface area contributed by atoms with Gasteiger partial charge < -0.3 is 20.1 Å². The standard InChI is InChI=1S/C21H19BrFN3O5/c1-3-30-17-9-12(8-16-20(28)26(2)21(29)25-16)15(22)10-18(17)31-11-19(27)24-14-6-4-13(23)5-7-14/h4-10H,3,11H2,1-2H3,(H,24,27)(H,25,29)/b16-8+. The molecule has 2 aromatic carbocycles. The van der Waals surface area contributed by atoms with Gasteiger partial charge in [0.25, 0.3) is 11.8 Å². The zero-order valence-electron chi connectivity index (χ0n) is 16.7. The van der Waals surface area contributed by atoms with Gasteiger partial charge >= 0.3 is 6.03 Å². The van der Waals surface area contributed by atoms with Crippen molar-refractivity contribution in [1.29, 1.82) is 0 Å². The zero-order valence-corrected chi connectivity index (χ0v) is 18.3. The number of urea groups is 1. The quantitative estimate of drug-likeness (QED) is 0.456. The molecule has 3 rings (SSSR count). The number of halogens is 2. The summed E-state index contributed by atoms with van der Waals surface area (Å²) in [6, 6.07) is 8.09. The normalized spacial score (nSPS) is 14.6. The first-order chi connectivity index (χ1) is 14.8. The summed E-state index contributed by atoms with van der Waals surface area (Å²) in [6.07, 6.45) is 1.52. The molecule has 0 aliphatic carbocycles.